The van der Waals surface area contributed by atoms with E-state index in [4.69, 9.17) is 0 Å². The van der Waals surface area contributed by atoms with Crippen LogP contribution in [0.1, 0.15) is 12.0 Å². The minimum atomic E-state index is -3.54. The Bertz CT molecular complexity index is 717. The molecule has 0 radical (unpaired) electrons. The van der Waals surface area contributed by atoms with Gasteiger partial charge in [0.15, 0.2) is 0 Å². The van der Waals surface area contributed by atoms with Crippen LogP contribution in [0, 0.1) is 6.92 Å². The van der Waals surface area contributed by atoms with E-state index in [9.17, 15) is 8.42 Å². The lowest BCUT2D eigenvalue weighted by Crippen LogP contribution is -2.26. The average molecular weight is 438 g/mol. The van der Waals surface area contributed by atoms with E-state index in [-0.39, 0.29) is 4.90 Å². The van der Waals surface area contributed by atoms with Gasteiger partial charge in [-0.1, -0.05) is 21.1 Å². The van der Waals surface area contributed by atoms with Crippen molar-refractivity contribution in [1.82, 2.24) is 19.7 Å². The minimum Gasteiger partial charge on any atom is -0.253 e. The van der Waals surface area contributed by atoms with Crippen molar-refractivity contribution < 1.29 is 8.42 Å². The van der Waals surface area contributed by atoms with Crippen molar-refractivity contribution in [2.45, 2.75) is 24.8 Å². The SMILES string of the molecule is Cc1cc(Br)c(S(=O)(=O)NCCCn2ccnn2)cc1Br. The van der Waals surface area contributed by atoms with Crippen LogP contribution < -0.4 is 4.72 Å². The molecule has 0 atom stereocenters. The summed E-state index contributed by atoms with van der Waals surface area (Å²) >= 11 is 6.64. The summed E-state index contributed by atoms with van der Waals surface area (Å²) in [5, 5.41) is 7.51. The fourth-order valence-corrected chi connectivity index (χ4v) is 4.46. The van der Waals surface area contributed by atoms with Crippen LogP contribution in [-0.2, 0) is 16.6 Å². The van der Waals surface area contributed by atoms with E-state index in [1.807, 2.05) is 6.92 Å². The molecule has 0 unspecified atom stereocenters. The second-order valence-electron chi connectivity index (χ2n) is 4.45. The number of aromatic nitrogens is 3. The molecule has 0 aliphatic rings. The van der Waals surface area contributed by atoms with Gasteiger partial charge in [0.1, 0.15) is 0 Å². The summed E-state index contributed by atoms with van der Waals surface area (Å²) in [6, 6.07) is 3.37. The highest BCUT2D eigenvalue weighted by Crippen LogP contribution is 2.28. The van der Waals surface area contributed by atoms with Gasteiger partial charge in [-0.05, 0) is 47.0 Å². The largest absolute Gasteiger partial charge is 0.253 e. The standard InChI is InChI=1S/C12H14Br2N4O2S/c1-9-7-11(14)12(8-10(9)13)21(19,20)16-3-2-5-18-6-4-15-17-18/h4,6-8,16H,2-3,5H2,1H3. The van der Waals surface area contributed by atoms with E-state index < -0.39 is 10.0 Å². The second kappa shape index (κ2) is 6.99. The summed E-state index contributed by atoms with van der Waals surface area (Å²) in [5.74, 6) is 0. The van der Waals surface area contributed by atoms with Gasteiger partial charge in [0.2, 0.25) is 10.0 Å². The van der Waals surface area contributed by atoms with Gasteiger partial charge in [0.25, 0.3) is 0 Å². The van der Waals surface area contributed by atoms with Crippen LogP contribution in [0.15, 0.2) is 38.4 Å². The van der Waals surface area contributed by atoms with Crippen molar-refractivity contribution in [1.29, 1.82) is 0 Å². The molecule has 2 aromatic rings. The Hall–Kier alpha value is -0.770. The summed E-state index contributed by atoms with van der Waals surface area (Å²) in [6.45, 7) is 2.85. The van der Waals surface area contributed by atoms with Gasteiger partial charge in [-0.15, -0.1) is 5.10 Å². The number of halogens is 2. The van der Waals surface area contributed by atoms with Gasteiger partial charge >= 0.3 is 0 Å². The zero-order chi connectivity index (χ0) is 15.5. The van der Waals surface area contributed by atoms with Gasteiger partial charge in [0, 0.05) is 28.2 Å². The summed E-state index contributed by atoms with van der Waals surface area (Å²) in [6.07, 6.45) is 3.96. The molecule has 1 heterocycles. The smallest absolute Gasteiger partial charge is 0.241 e. The third-order valence-corrected chi connectivity index (χ3v) is 6.10. The lowest BCUT2D eigenvalue weighted by atomic mass is 10.2. The first kappa shape index (κ1) is 16.6. The molecular formula is C12H14Br2N4O2S. The Kier molecular flexibility index (Phi) is 5.53. The number of nitrogens with one attached hydrogen (secondary N) is 1. The van der Waals surface area contributed by atoms with E-state index in [0.717, 1.165) is 10.0 Å². The summed E-state index contributed by atoms with van der Waals surface area (Å²) in [5.41, 5.74) is 0.965. The maximum Gasteiger partial charge on any atom is 0.241 e. The van der Waals surface area contributed by atoms with Crippen LogP contribution in [-0.4, -0.2) is 30.0 Å². The number of aryl methyl sites for hydroxylation is 2. The second-order valence-corrected chi connectivity index (χ2v) is 7.89. The first-order valence-corrected chi connectivity index (χ1v) is 9.26. The van der Waals surface area contributed by atoms with Gasteiger partial charge < -0.3 is 0 Å². The van der Waals surface area contributed by atoms with E-state index in [2.05, 4.69) is 46.9 Å². The van der Waals surface area contributed by atoms with Crippen molar-refractivity contribution in [3.8, 4) is 0 Å². The number of sulfonamides is 1. The normalized spacial score (nSPS) is 11.8. The van der Waals surface area contributed by atoms with E-state index in [1.54, 1.807) is 29.2 Å². The topological polar surface area (TPSA) is 76.9 Å². The Balaban J connectivity index is 2.00. The zero-order valence-electron chi connectivity index (χ0n) is 11.3. The molecule has 0 fully saturated rings. The predicted molar refractivity (Wildman–Crippen MR) is 86.4 cm³/mol. The van der Waals surface area contributed by atoms with E-state index in [1.165, 1.54) is 0 Å². The van der Waals surface area contributed by atoms with Crippen molar-refractivity contribution in [3.63, 3.8) is 0 Å². The molecule has 1 N–H and O–H groups in total. The maximum absolute atomic E-state index is 12.3. The highest BCUT2D eigenvalue weighted by molar-refractivity contribution is 9.11. The number of rotatable bonds is 6. The van der Waals surface area contributed by atoms with Crippen LogP contribution >= 0.6 is 31.9 Å². The molecule has 0 aliphatic heterocycles. The molecule has 6 nitrogen and oxygen atoms in total. The number of benzene rings is 1. The third kappa shape index (κ3) is 4.35. The molecule has 114 valence electrons. The maximum atomic E-state index is 12.3. The molecule has 1 aromatic carbocycles. The first-order valence-electron chi connectivity index (χ1n) is 6.19. The Morgan fingerprint density at radius 1 is 1.29 bits per heavy atom. The summed E-state index contributed by atoms with van der Waals surface area (Å²) < 4.78 is 30.1. The van der Waals surface area contributed by atoms with Gasteiger partial charge in [-0.25, -0.2) is 13.1 Å². The van der Waals surface area contributed by atoms with Crippen LogP contribution in [0.3, 0.4) is 0 Å². The van der Waals surface area contributed by atoms with Crippen LogP contribution in [0.4, 0.5) is 0 Å². The van der Waals surface area contributed by atoms with E-state index >= 15 is 0 Å². The number of nitrogens with zero attached hydrogens (tertiary/aromatic N) is 3. The van der Waals surface area contributed by atoms with Crippen molar-refractivity contribution in [2.24, 2.45) is 0 Å². The fourth-order valence-electron chi connectivity index (χ4n) is 1.71. The fraction of sp³-hybridized carbons (Fsp3) is 0.333. The highest BCUT2D eigenvalue weighted by Gasteiger charge is 2.18. The number of hydrogen-bond donors (Lipinski definition) is 1. The molecule has 0 amide bonds. The summed E-state index contributed by atoms with van der Waals surface area (Å²) in [4.78, 5) is 0.223. The van der Waals surface area contributed by atoms with Crippen LogP contribution in [0.5, 0.6) is 0 Å². The number of hydrogen-bond acceptors (Lipinski definition) is 4. The molecule has 0 saturated heterocycles. The van der Waals surface area contributed by atoms with Gasteiger partial charge in [-0.2, -0.15) is 0 Å². The molecule has 0 aliphatic carbocycles. The average Bonchev–Trinajstić information content (AvgIpc) is 2.92. The van der Waals surface area contributed by atoms with Gasteiger partial charge in [-0.3, -0.25) is 4.68 Å². The first-order chi connectivity index (χ1) is 9.90. The lowest BCUT2D eigenvalue weighted by molar-refractivity contribution is 0.542. The quantitative estimate of drug-likeness (QED) is 0.704. The van der Waals surface area contributed by atoms with Crippen molar-refractivity contribution in [2.75, 3.05) is 6.54 Å². The van der Waals surface area contributed by atoms with E-state index in [0.29, 0.717) is 24.0 Å². The molecule has 0 saturated carbocycles. The van der Waals surface area contributed by atoms with Crippen molar-refractivity contribution in [3.05, 3.63) is 39.0 Å². The lowest BCUT2D eigenvalue weighted by Gasteiger charge is -2.10. The Labute approximate surface area is 140 Å². The Morgan fingerprint density at radius 2 is 2.05 bits per heavy atom. The van der Waals surface area contributed by atoms with Gasteiger partial charge in [0.05, 0.1) is 11.1 Å². The molecule has 0 spiro atoms. The Morgan fingerprint density at radius 3 is 2.71 bits per heavy atom. The minimum absolute atomic E-state index is 0.223. The molecule has 21 heavy (non-hydrogen) atoms. The molecule has 1 aromatic heterocycles. The predicted octanol–water partition coefficient (Wildman–Crippen LogP) is 2.48. The molecule has 2 rings (SSSR count). The summed E-state index contributed by atoms with van der Waals surface area (Å²) in [7, 11) is -3.54. The molecular weight excluding hydrogens is 424 g/mol. The third-order valence-electron chi connectivity index (χ3n) is 2.83. The van der Waals surface area contributed by atoms with Crippen molar-refractivity contribution >= 4 is 41.9 Å². The van der Waals surface area contributed by atoms with Crippen LogP contribution in [0.25, 0.3) is 0 Å². The molecule has 9 heteroatoms. The highest BCUT2D eigenvalue weighted by atomic mass is 79.9. The van der Waals surface area contributed by atoms with Crippen LogP contribution in [0.2, 0.25) is 0 Å². The zero-order valence-corrected chi connectivity index (χ0v) is 15.2. The molecule has 0 bridgehead atoms. The monoisotopic (exact) mass is 436 g/mol.